The highest BCUT2D eigenvalue weighted by atomic mass is 16.6. The Morgan fingerprint density at radius 2 is 1.82 bits per heavy atom. The zero-order valence-electron chi connectivity index (χ0n) is 20.0. The number of hydrogen-bond acceptors (Lipinski definition) is 5. The Balaban J connectivity index is 1.58. The molecule has 2 heterocycles. The molecule has 0 amide bonds. The normalized spacial score (nSPS) is 25.5. The Hall–Kier alpha value is -2.73. The highest BCUT2D eigenvalue weighted by Crippen LogP contribution is 2.52. The second-order valence-corrected chi connectivity index (χ2v) is 9.75. The van der Waals surface area contributed by atoms with Gasteiger partial charge in [0.05, 0.1) is 18.6 Å². The Morgan fingerprint density at radius 3 is 2.45 bits per heavy atom. The molecule has 1 fully saturated rings. The lowest BCUT2D eigenvalue weighted by atomic mass is 9.72. The molecule has 0 aromatic heterocycles. The molecule has 4 rings (SSSR count). The van der Waals surface area contributed by atoms with Crippen molar-refractivity contribution in [3.8, 4) is 17.2 Å². The van der Waals surface area contributed by atoms with E-state index in [1.54, 1.807) is 0 Å². The van der Waals surface area contributed by atoms with Crippen molar-refractivity contribution < 1.29 is 28.8 Å². The molecule has 2 aromatic carbocycles. The van der Waals surface area contributed by atoms with Crippen LogP contribution in [0.2, 0.25) is 0 Å². The first-order valence-corrected chi connectivity index (χ1v) is 11.8. The van der Waals surface area contributed by atoms with Gasteiger partial charge >= 0.3 is 5.97 Å². The van der Waals surface area contributed by atoms with Crippen LogP contribution in [0, 0.1) is 11.8 Å². The van der Waals surface area contributed by atoms with E-state index < -0.39 is 23.6 Å². The second kappa shape index (κ2) is 9.26. The first-order chi connectivity index (χ1) is 15.7. The zero-order valence-corrected chi connectivity index (χ0v) is 20.0. The number of rotatable bonds is 7. The molecular formula is C27H34O6. The van der Waals surface area contributed by atoms with E-state index in [1.807, 2.05) is 63.2 Å². The summed E-state index contributed by atoms with van der Waals surface area (Å²) in [6, 6.07) is 13.7. The molecule has 2 aromatic rings. The standard InChI is InChI=1S/C27H34O6/c1-6-30-19-11-12-23-20(13-19)25-22(27(4,5)33-23)14-21(26(28)29)24(32-25)15-31-18-9-7-17(8-10-18)16(2)3/h7-13,16,21-22,24-25H,6,14-15H2,1-5H3,(H,28,29)/t21-,22-,24-,25+/m0/s1. The summed E-state index contributed by atoms with van der Waals surface area (Å²) in [4.78, 5) is 12.2. The summed E-state index contributed by atoms with van der Waals surface area (Å²) in [7, 11) is 0. The summed E-state index contributed by atoms with van der Waals surface area (Å²) in [6.07, 6.45) is -0.422. The fourth-order valence-corrected chi connectivity index (χ4v) is 4.87. The molecule has 33 heavy (non-hydrogen) atoms. The van der Waals surface area contributed by atoms with Crippen molar-refractivity contribution in [1.29, 1.82) is 0 Å². The fourth-order valence-electron chi connectivity index (χ4n) is 4.87. The van der Waals surface area contributed by atoms with Gasteiger partial charge in [0.25, 0.3) is 0 Å². The molecule has 4 atom stereocenters. The lowest BCUT2D eigenvalue weighted by molar-refractivity contribution is -0.192. The Bertz CT molecular complexity index is 981. The van der Waals surface area contributed by atoms with Crippen LogP contribution in [0.4, 0.5) is 0 Å². The van der Waals surface area contributed by atoms with Crippen molar-refractivity contribution in [3.63, 3.8) is 0 Å². The van der Waals surface area contributed by atoms with Gasteiger partial charge in [-0.1, -0.05) is 26.0 Å². The fraction of sp³-hybridized carbons (Fsp3) is 0.519. The molecule has 0 unspecified atom stereocenters. The van der Waals surface area contributed by atoms with Gasteiger partial charge in [0.15, 0.2) is 0 Å². The van der Waals surface area contributed by atoms with Gasteiger partial charge in [-0.2, -0.15) is 0 Å². The molecular weight excluding hydrogens is 420 g/mol. The zero-order chi connectivity index (χ0) is 23.8. The Kier molecular flexibility index (Phi) is 6.57. The summed E-state index contributed by atoms with van der Waals surface area (Å²) in [6.45, 7) is 11.0. The van der Waals surface area contributed by atoms with Crippen LogP contribution in [0.1, 0.15) is 64.2 Å². The number of ether oxygens (including phenoxy) is 4. The number of fused-ring (bicyclic) bond motifs is 3. The third-order valence-electron chi connectivity index (χ3n) is 6.79. The largest absolute Gasteiger partial charge is 0.494 e. The summed E-state index contributed by atoms with van der Waals surface area (Å²) in [5.74, 6) is 0.989. The number of carboxylic acid groups (broad SMARTS) is 1. The average Bonchev–Trinajstić information content (AvgIpc) is 2.77. The van der Waals surface area contributed by atoms with Crippen LogP contribution >= 0.6 is 0 Å². The van der Waals surface area contributed by atoms with Crippen molar-refractivity contribution in [2.45, 2.75) is 64.8 Å². The highest BCUT2D eigenvalue weighted by Gasteiger charge is 2.52. The maximum absolute atomic E-state index is 12.2. The Labute approximate surface area is 195 Å². The third kappa shape index (κ3) is 4.81. The Morgan fingerprint density at radius 1 is 1.12 bits per heavy atom. The molecule has 178 valence electrons. The minimum absolute atomic E-state index is 0.107. The van der Waals surface area contributed by atoms with Gasteiger partial charge in [0.2, 0.25) is 0 Å². The summed E-state index contributed by atoms with van der Waals surface area (Å²) in [5, 5.41) is 9.98. The summed E-state index contributed by atoms with van der Waals surface area (Å²) in [5.41, 5.74) is 1.57. The van der Waals surface area contributed by atoms with E-state index >= 15 is 0 Å². The second-order valence-electron chi connectivity index (χ2n) is 9.75. The van der Waals surface area contributed by atoms with Crippen molar-refractivity contribution in [1.82, 2.24) is 0 Å². The third-order valence-corrected chi connectivity index (χ3v) is 6.79. The van der Waals surface area contributed by atoms with Crippen LogP contribution in [0.15, 0.2) is 42.5 Å². The molecule has 0 saturated carbocycles. The van der Waals surface area contributed by atoms with Gasteiger partial charge < -0.3 is 24.1 Å². The van der Waals surface area contributed by atoms with Gasteiger partial charge in [-0.3, -0.25) is 4.79 Å². The average molecular weight is 455 g/mol. The molecule has 6 nitrogen and oxygen atoms in total. The van der Waals surface area contributed by atoms with Gasteiger partial charge in [-0.05, 0) is 69.0 Å². The van der Waals surface area contributed by atoms with E-state index in [-0.39, 0.29) is 18.6 Å². The molecule has 1 N–H and O–H groups in total. The van der Waals surface area contributed by atoms with E-state index in [9.17, 15) is 9.90 Å². The number of carboxylic acids is 1. The molecule has 1 saturated heterocycles. The van der Waals surface area contributed by atoms with Crippen molar-refractivity contribution in [2.24, 2.45) is 11.8 Å². The molecule has 0 radical (unpaired) electrons. The molecule has 0 spiro atoms. The molecule has 0 aliphatic carbocycles. The van der Waals surface area contributed by atoms with Crippen LogP contribution in [-0.4, -0.2) is 36.0 Å². The van der Waals surface area contributed by atoms with Gasteiger partial charge in [0, 0.05) is 11.5 Å². The smallest absolute Gasteiger partial charge is 0.309 e. The van der Waals surface area contributed by atoms with Gasteiger partial charge in [-0.25, -0.2) is 0 Å². The number of carbonyl (C=O) groups is 1. The van der Waals surface area contributed by atoms with Crippen LogP contribution in [0.5, 0.6) is 17.2 Å². The van der Waals surface area contributed by atoms with Crippen molar-refractivity contribution in [2.75, 3.05) is 13.2 Å². The van der Waals surface area contributed by atoms with Gasteiger partial charge in [0.1, 0.15) is 35.6 Å². The number of benzene rings is 2. The molecule has 2 aliphatic heterocycles. The quantitative estimate of drug-likeness (QED) is 0.587. The van der Waals surface area contributed by atoms with E-state index in [0.717, 1.165) is 17.1 Å². The maximum atomic E-state index is 12.2. The summed E-state index contributed by atoms with van der Waals surface area (Å²) >= 11 is 0. The van der Waals surface area contributed by atoms with Crippen LogP contribution < -0.4 is 14.2 Å². The van der Waals surface area contributed by atoms with E-state index in [1.165, 1.54) is 5.56 Å². The maximum Gasteiger partial charge on any atom is 0.309 e. The van der Waals surface area contributed by atoms with E-state index in [0.29, 0.717) is 24.7 Å². The molecule has 2 aliphatic rings. The van der Waals surface area contributed by atoms with Crippen LogP contribution in [0.3, 0.4) is 0 Å². The lowest BCUT2D eigenvalue weighted by Crippen LogP contribution is -2.53. The predicted molar refractivity (Wildman–Crippen MR) is 125 cm³/mol. The van der Waals surface area contributed by atoms with E-state index in [4.69, 9.17) is 18.9 Å². The molecule has 6 heteroatoms. The molecule has 0 bridgehead atoms. The summed E-state index contributed by atoms with van der Waals surface area (Å²) < 4.78 is 24.5. The monoisotopic (exact) mass is 454 g/mol. The first-order valence-electron chi connectivity index (χ1n) is 11.8. The van der Waals surface area contributed by atoms with Crippen molar-refractivity contribution >= 4 is 5.97 Å². The highest BCUT2D eigenvalue weighted by molar-refractivity contribution is 5.71. The lowest BCUT2D eigenvalue weighted by Gasteiger charge is -2.50. The SMILES string of the molecule is CCOc1ccc2c(c1)[C@H]1O[C@@H](COc3ccc(C(C)C)cc3)[C@@H](C(=O)O)C[C@@H]1C(C)(C)O2. The minimum Gasteiger partial charge on any atom is -0.494 e. The number of aliphatic carboxylic acids is 1. The van der Waals surface area contributed by atoms with E-state index in [2.05, 4.69) is 13.8 Å². The topological polar surface area (TPSA) is 74.2 Å². The predicted octanol–water partition coefficient (Wildman–Crippen LogP) is 5.61. The van der Waals surface area contributed by atoms with Crippen LogP contribution in [-0.2, 0) is 9.53 Å². The van der Waals surface area contributed by atoms with Crippen LogP contribution in [0.25, 0.3) is 0 Å². The minimum atomic E-state index is -0.873. The number of hydrogen-bond donors (Lipinski definition) is 1. The first kappa shape index (κ1) is 23.4. The van der Waals surface area contributed by atoms with Gasteiger partial charge in [-0.15, -0.1) is 0 Å². The van der Waals surface area contributed by atoms with Crippen molar-refractivity contribution in [3.05, 3.63) is 53.6 Å².